The molecule has 3 aromatic rings. The van der Waals surface area contributed by atoms with E-state index in [1.165, 1.54) is 44.2 Å². The molecule has 0 spiro atoms. The maximum atomic E-state index is 13.3. The fraction of sp³-hybridized carbons (Fsp3) is 0.346. The molecule has 0 saturated heterocycles. The number of halogens is 1. The monoisotopic (exact) mass is 417 g/mol. The molecule has 1 saturated carbocycles. The zero-order valence-electron chi connectivity index (χ0n) is 17.7. The highest BCUT2D eigenvalue weighted by Crippen LogP contribution is 2.29. The first-order chi connectivity index (χ1) is 15.2. The van der Waals surface area contributed by atoms with Gasteiger partial charge in [0.15, 0.2) is 5.82 Å². The molecule has 1 heterocycles. The SMILES string of the molecule is O=C(CCc1ccccc1)Nc1ncc(-c2ccc(F)cc2)nc1CC1CCCCC1. The molecule has 1 aromatic heterocycles. The van der Waals surface area contributed by atoms with E-state index >= 15 is 0 Å². The number of aromatic nitrogens is 2. The van der Waals surface area contributed by atoms with Crippen LogP contribution >= 0.6 is 0 Å². The van der Waals surface area contributed by atoms with Crippen LogP contribution in [0, 0.1) is 11.7 Å². The number of nitrogens with one attached hydrogen (secondary N) is 1. The van der Waals surface area contributed by atoms with Crippen molar-refractivity contribution in [2.45, 2.75) is 51.4 Å². The second-order valence-corrected chi connectivity index (χ2v) is 8.30. The Morgan fingerprint density at radius 3 is 2.48 bits per heavy atom. The summed E-state index contributed by atoms with van der Waals surface area (Å²) in [6.45, 7) is 0. The molecule has 2 aromatic carbocycles. The second kappa shape index (κ2) is 10.3. The maximum Gasteiger partial charge on any atom is 0.225 e. The van der Waals surface area contributed by atoms with Crippen molar-refractivity contribution in [2.75, 3.05) is 5.32 Å². The summed E-state index contributed by atoms with van der Waals surface area (Å²) in [6, 6.07) is 16.3. The summed E-state index contributed by atoms with van der Waals surface area (Å²) in [7, 11) is 0. The Morgan fingerprint density at radius 2 is 1.74 bits per heavy atom. The van der Waals surface area contributed by atoms with Gasteiger partial charge in [-0.25, -0.2) is 14.4 Å². The van der Waals surface area contributed by atoms with Crippen LogP contribution in [-0.4, -0.2) is 15.9 Å². The molecule has 1 N–H and O–H groups in total. The number of aryl methyl sites for hydroxylation is 1. The third-order valence-corrected chi connectivity index (χ3v) is 5.93. The van der Waals surface area contributed by atoms with E-state index in [4.69, 9.17) is 4.98 Å². The molecule has 1 amide bonds. The summed E-state index contributed by atoms with van der Waals surface area (Å²) in [5, 5.41) is 2.99. The molecule has 0 bridgehead atoms. The van der Waals surface area contributed by atoms with Gasteiger partial charge in [0.1, 0.15) is 5.82 Å². The van der Waals surface area contributed by atoms with Gasteiger partial charge in [0.2, 0.25) is 5.91 Å². The van der Waals surface area contributed by atoms with E-state index in [1.54, 1.807) is 18.3 Å². The van der Waals surface area contributed by atoms with Gasteiger partial charge in [0, 0.05) is 12.0 Å². The predicted molar refractivity (Wildman–Crippen MR) is 121 cm³/mol. The normalized spacial score (nSPS) is 14.4. The van der Waals surface area contributed by atoms with Gasteiger partial charge in [-0.15, -0.1) is 0 Å². The number of anilines is 1. The number of benzene rings is 2. The van der Waals surface area contributed by atoms with Crippen LogP contribution in [0.5, 0.6) is 0 Å². The molecule has 4 rings (SSSR count). The maximum absolute atomic E-state index is 13.3. The minimum atomic E-state index is -0.276. The van der Waals surface area contributed by atoms with Crippen LogP contribution in [-0.2, 0) is 17.6 Å². The molecule has 4 nitrogen and oxygen atoms in total. The average molecular weight is 418 g/mol. The molecule has 0 aliphatic heterocycles. The first-order valence-electron chi connectivity index (χ1n) is 11.1. The van der Waals surface area contributed by atoms with Crippen molar-refractivity contribution >= 4 is 11.7 Å². The predicted octanol–water partition coefficient (Wildman–Crippen LogP) is 5.98. The smallest absolute Gasteiger partial charge is 0.225 e. The lowest BCUT2D eigenvalue weighted by Gasteiger charge is -2.22. The van der Waals surface area contributed by atoms with Crippen LogP contribution in [0.15, 0.2) is 60.8 Å². The van der Waals surface area contributed by atoms with Crippen molar-refractivity contribution in [1.29, 1.82) is 0 Å². The Balaban J connectivity index is 1.51. The van der Waals surface area contributed by atoms with E-state index in [9.17, 15) is 9.18 Å². The quantitative estimate of drug-likeness (QED) is 0.515. The van der Waals surface area contributed by atoms with Crippen molar-refractivity contribution in [3.05, 3.63) is 77.9 Å². The third kappa shape index (κ3) is 5.97. The molecule has 1 aliphatic carbocycles. The molecule has 1 fully saturated rings. The van der Waals surface area contributed by atoms with Crippen LogP contribution in [0.3, 0.4) is 0 Å². The van der Waals surface area contributed by atoms with Crippen molar-refractivity contribution in [3.63, 3.8) is 0 Å². The third-order valence-electron chi connectivity index (χ3n) is 5.93. The zero-order valence-corrected chi connectivity index (χ0v) is 17.7. The summed E-state index contributed by atoms with van der Waals surface area (Å²) >= 11 is 0. The molecule has 31 heavy (non-hydrogen) atoms. The van der Waals surface area contributed by atoms with E-state index in [2.05, 4.69) is 10.3 Å². The number of hydrogen-bond donors (Lipinski definition) is 1. The van der Waals surface area contributed by atoms with Crippen molar-refractivity contribution in [1.82, 2.24) is 9.97 Å². The van der Waals surface area contributed by atoms with Gasteiger partial charge >= 0.3 is 0 Å². The largest absolute Gasteiger partial charge is 0.309 e. The first-order valence-corrected chi connectivity index (χ1v) is 11.1. The number of rotatable bonds is 7. The average Bonchev–Trinajstić information content (AvgIpc) is 2.81. The lowest BCUT2D eigenvalue weighted by atomic mass is 9.86. The van der Waals surface area contributed by atoms with Crippen molar-refractivity contribution in [3.8, 4) is 11.3 Å². The van der Waals surface area contributed by atoms with Crippen molar-refractivity contribution < 1.29 is 9.18 Å². The number of amides is 1. The summed E-state index contributed by atoms with van der Waals surface area (Å²) in [6.07, 6.45) is 9.69. The summed E-state index contributed by atoms with van der Waals surface area (Å²) < 4.78 is 13.3. The van der Waals surface area contributed by atoms with E-state index < -0.39 is 0 Å². The summed E-state index contributed by atoms with van der Waals surface area (Å²) in [5.74, 6) is 0.778. The van der Waals surface area contributed by atoms with Gasteiger partial charge in [0.25, 0.3) is 0 Å². The van der Waals surface area contributed by atoms with Crippen LogP contribution in [0.1, 0.15) is 49.8 Å². The standard InChI is InChI=1S/C26H28FN3O/c27-22-14-12-21(13-15-22)24-18-28-26(23(29-24)17-20-9-5-2-6-10-20)30-25(31)16-11-19-7-3-1-4-8-19/h1,3-4,7-8,12-15,18,20H,2,5-6,9-11,16-17H2,(H,28,30,31). The fourth-order valence-corrected chi connectivity index (χ4v) is 4.20. The van der Waals surface area contributed by atoms with E-state index in [1.807, 2.05) is 30.3 Å². The summed E-state index contributed by atoms with van der Waals surface area (Å²) in [4.78, 5) is 22.0. The van der Waals surface area contributed by atoms with Gasteiger partial charge in [-0.05, 0) is 48.6 Å². The van der Waals surface area contributed by atoms with Crippen LogP contribution in [0.4, 0.5) is 10.2 Å². The lowest BCUT2D eigenvalue weighted by Crippen LogP contribution is -2.18. The highest BCUT2D eigenvalue weighted by Gasteiger charge is 2.19. The van der Waals surface area contributed by atoms with Gasteiger partial charge in [-0.2, -0.15) is 0 Å². The van der Waals surface area contributed by atoms with Gasteiger partial charge < -0.3 is 5.32 Å². The number of hydrogen-bond acceptors (Lipinski definition) is 3. The van der Waals surface area contributed by atoms with Gasteiger partial charge in [0.05, 0.1) is 17.6 Å². The molecule has 0 atom stereocenters. The van der Waals surface area contributed by atoms with Crippen molar-refractivity contribution in [2.24, 2.45) is 5.92 Å². The molecule has 0 radical (unpaired) electrons. The minimum absolute atomic E-state index is 0.0578. The number of carbonyl (C=O) groups excluding carboxylic acids is 1. The summed E-state index contributed by atoms with van der Waals surface area (Å²) in [5.41, 5.74) is 3.48. The number of nitrogens with zero attached hydrogens (tertiary/aromatic N) is 2. The Morgan fingerprint density at radius 1 is 1.00 bits per heavy atom. The van der Waals surface area contributed by atoms with Crippen LogP contribution in [0.2, 0.25) is 0 Å². The highest BCUT2D eigenvalue weighted by molar-refractivity contribution is 5.90. The lowest BCUT2D eigenvalue weighted by molar-refractivity contribution is -0.116. The molecule has 160 valence electrons. The topological polar surface area (TPSA) is 54.9 Å². The Labute approximate surface area is 183 Å². The molecule has 1 aliphatic rings. The van der Waals surface area contributed by atoms with E-state index in [-0.39, 0.29) is 11.7 Å². The molecule has 0 unspecified atom stereocenters. The second-order valence-electron chi connectivity index (χ2n) is 8.30. The Kier molecular flexibility index (Phi) is 7.03. The molecular formula is C26H28FN3O. The van der Waals surface area contributed by atoms with E-state index in [0.717, 1.165) is 23.2 Å². The molecule has 5 heteroatoms. The molecular weight excluding hydrogens is 389 g/mol. The van der Waals surface area contributed by atoms with Gasteiger partial charge in [-0.3, -0.25) is 4.79 Å². The Hall–Kier alpha value is -3.08. The number of carbonyl (C=O) groups is 1. The van der Waals surface area contributed by atoms with E-state index in [0.29, 0.717) is 30.3 Å². The fourth-order valence-electron chi connectivity index (χ4n) is 4.20. The highest BCUT2D eigenvalue weighted by atomic mass is 19.1. The zero-order chi connectivity index (χ0) is 21.5. The Bertz CT molecular complexity index is 999. The minimum Gasteiger partial charge on any atom is -0.309 e. The van der Waals surface area contributed by atoms with Gasteiger partial charge in [-0.1, -0.05) is 62.4 Å². The van der Waals surface area contributed by atoms with Crippen LogP contribution < -0.4 is 5.32 Å². The van der Waals surface area contributed by atoms with Crippen LogP contribution in [0.25, 0.3) is 11.3 Å². The first kappa shape index (κ1) is 21.2.